The van der Waals surface area contributed by atoms with Crippen LogP contribution >= 0.6 is 0 Å². The van der Waals surface area contributed by atoms with Crippen molar-refractivity contribution in [2.75, 3.05) is 13.7 Å². The highest BCUT2D eigenvalue weighted by Gasteiger charge is 2.36. The summed E-state index contributed by atoms with van der Waals surface area (Å²) in [6.45, 7) is 3.02. The predicted molar refractivity (Wildman–Crippen MR) is 58.7 cm³/mol. The molecule has 0 radical (unpaired) electrons. The van der Waals surface area contributed by atoms with Gasteiger partial charge in [-0.1, -0.05) is 0 Å². The smallest absolute Gasteiger partial charge is 0.120 e. The Morgan fingerprint density at radius 1 is 1.60 bits per heavy atom. The molecule has 15 heavy (non-hydrogen) atoms. The minimum absolute atomic E-state index is 0.0842. The molecule has 3 heteroatoms. The molecular weight excluding hydrogens is 190 g/mol. The van der Waals surface area contributed by atoms with Crippen molar-refractivity contribution in [3.8, 4) is 0 Å². The summed E-state index contributed by atoms with van der Waals surface area (Å²) in [5.74, 6) is 0.987. The van der Waals surface area contributed by atoms with Crippen LogP contribution in [0, 0.1) is 0 Å². The Labute approximate surface area is 90.8 Å². The molecule has 1 N–H and O–H groups in total. The van der Waals surface area contributed by atoms with Gasteiger partial charge in [0.25, 0.3) is 0 Å². The zero-order chi connectivity index (χ0) is 10.7. The Hall–Kier alpha value is -0.800. The van der Waals surface area contributed by atoms with Crippen molar-refractivity contribution in [3.05, 3.63) is 24.2 Å². The van der Waals surface area contributed by atoms with Crippen molar-refractivity contribution in [1.82, 2.24) is 5.32 Å². The lowest BCUT2D eigenvalue weighted by Gasteiger charge is -2.41. The normalized spacial score (nSPS) is 20.9. The third kappa shape index (κ3) is 2.24. The molecule has 1 aliphatic carbocycles. The second-order valence-corrected chi connectivity index (χ2v) is 4.36. The number of ether oxygens (including phenoxy) is 1. The van der Waals surface area contributed by atoms with Crippen molar-refractivity contribution < 1.29 is 9.15 Å². The third-order valence-electron chi connectivity index (χ3n) is 3.40. The van der Waals surface area contributed by atoms with Crippen LogP contribution in [0.5, 0.6) is 0 Å². The standard InChI is InChI=1S/C12H19NO2/c1-10(11-5-3-8-15-11)13-9-12(14-2)6-4-7-12/h3,5,8,10,13H,4,6-7,9H2,1-2H3. The van der Waals surface area contributed by atoms with Gasteiger partial charge in [-0.05, 0) is 38.3 Å². The van der Waals surface area contributed by atoms with E-state index in [2.05, 4.69) is 12.2 Å². The van der Waals surface area contributed by atoms with E-state index in [9.17, 15) is 0 Å². The van der Waals surface area contributed by atoms with Gasteiger partial charge in [-0.2, -0.15) is 0 Å². The Bertz CT molecular complexity index is 285. The maximum Gasteiger partial charge on any atom is 0.120 e. The fourth-order valence-electron chi connectivity index (χ4n) is 2.00. The predicted octanol–water partition coefficient (Wildman–Crippen LogP) is 2.50. The number of hydrogen-bond acceptors (Lipinski definition) is 3. The van der Waals surface area contributed by atoms with E-state index in [1.54, 1.807) is 13.4 Å². The molecule has 1 aromatic heterocycles. The van der Waals surface area contributed by atoms with Gasteiger partial charge in [-0.3, -0.25) is 0 Å². The summed E-state index contributed by atoms with van der Waals surface area (Å²) in [4.78, 5) is 0. The molecule has 1 fully saturated rings. The van der Waals surface area contributed by atoms with Gasteiger partial charge in [0.2, 0.25) is 0 Å². The average Bonchev–Trinajstić information content (AvgIpc) is 2.69. The highest BCUT2D eigenvalue weighted by atomic mass is 16.5. The summed E-state index contributed by atoms with van der Waals surface area (Å²) in [6, 6.07) is 4.17. The minimum Gasteiger partial charge on any atom is -0.468 e. The monoisotopic (exact) mass is 209 g/mol. The largest absolute Gasteiger partial charge is 0.468 e. The molecule has 3 nitrogen and oxygen atoms in total. The van der Waals surface area contributed by atoms with E-state index in [0.717, 1.165) is 12.3 Å². The topological polar surface area (TPSA) is 34.4 Å². The molecule has 0 aliphatic heterocycles. The molecule has 1 aromatic rings. The fourth-order valence-corrected chi connectivity index (χ4v) is 2.00. The van der Waals surface area contributed by atoms with Gasteiger partial charge in [0.1, 0.15) is 5.76 Å². The molecule has 1 aliphatic rings. The van der Waals surface area contributed by atoms with E-state index in [1.165, 1.54) is 19.3 Å². The van der Waals surface area contributed by atoms with Crippen LogP contribution in [-0.2, 0) is 4.74 Å². The molecule has 1 unspecified atom stereocenters. The van der Waals surface area contributed by atoms with Gasteiger partial charge in [-0.25, -0.2) is 0 Å². The van der Waals surface area contributed by atoms with E-state index in [-0.39, 0.29) is 11.6 Å². The second kappa shape index (κ2) is 4.37. The summed E-state index contributed by atoms with van der Waals surface area (Å²) in [6.07, 6.45) is 5.33. The van der Waals surface area contributed by atoms with Gasteiger partial charge in [-0.15, -0.1) is 0 Å². The molecule has 84 valence electrons. The SMILES string of the molecule is COC1(CNC(C)c2ccco2)CCC1. The van der Waals surface area contributed by atoms with Crippen LogP contribution in [-0.4, -0.2) is 19.3 Å². The zero-order valence-corrected chi connectivity index (χ0v) is 9.45. The van der Waals surface area contributed by atoms with Gasteiger partial charge in [0.05, 0.1) is 17.9 Å². The Balaban J connectivity index is 1.82. The van der Waals surface area contributed by atoms with Crippen molar-refractivity contribution in [2.45, 2.75) is 37.8 Å². The van der Waals surface area contributed by atoms with Crippen LogP contribution < -0.4 is 5.32 Å². The number of methoxy groups -OCH3 is 1. The number of nitrogens with one attached hydrogen (secondary N) is 1. The number of hydrogen-bond donors (Lipinski definition) is 1. The minimum atomic E-state index is 0.0842. The van der Waals surface area contributed by atoms with Crippen molar-refractivity contribution >= 4 is 0 Å². The van der Waals surface area contributed by atoms with Gasteiger partial charge in [0, 0.05) is 13.7 Å². The lowest BCUT2D eigenvalue weighted by Crippen LogP contribution is -2.48. The molecule has 0 amide bonds. The maximum absolute atomic E-state index is 5.55. The molecule has 2 rings (SSSR count). The van der Waals surface area contributed by atoms with Crippen molar-refractivity contribution in [2.24, 2.45) is 0 Å². The molecule has 0 saturated heterocycles. The zero-order valence-electron chi connectivity index (χ0n) is 9.45. The first-order chi connectivity index (χ1) is 7.26. The van der Waals surface area contributed by atoms with Gasteiger partial charge in [0.15, 0.2) is 0 Å². The van der Waals surface area contributed by atoms with E-state index in [1.807, 2.05) is 12.1 Å². The van der Waals surface area contributed by atoms with Crippen LogP contribution in [0.25, 0.3) is 0 Å². The molecule has 1 atom stereocenters. The van der Waals surface area contributed by atoms with E-state index in [4.69, 9.17) is 9.15 Å². The maximum atomic E-state index is 5.55. The molecule has 1 heterocycles. The molecule has 0 aromatic carbocycles. The van der Waals surface area contributed by atoms with Gasteiger partial charge >= 0.3 is 0 Å². The van der Waals surface area contributed by atoms with Crippen LogP contribution in [0.3, 0.4) is 0 Å². The van der Waals surface area contributed by atoms with E-state index in [0.29, 0.717) is 0 Å². The molecule has 0 spiro atoms. The summed E-state index contributed by atoms with van der Waals surface area (Å²) in [5.41, 5.74) is 0.0842. The van der Waals surface area contributed by atoms with Crippen LogP contribution in [0.15, 0.2) is 22.8 Å². The number of furan rings is 1. The molecular formula is C12H19NO2. The van der Waals surface area contributed by atoms with Crippen LogP contribution in [0.1, 0.15) is 38.0 Å². The van der Waals surface area contributed by atoms with Crippen LogP contribution in [0.2, 0.25) is 0 Å². The summed E-state index contributed by atoms with van der Waals surface area (Å²) in [5, 5.41) is 3.46. The van der Waals surface area contributed by atoms with Gasteiger partial charge < -0.3 is 14.5 Å². The van der Waals surface area contributed by atoms with E-state index < -0.39 is 0 Å². The number of rotatable bonds is 5. The average molecular weight is 209 g/mol. The van der Waals surface area contributed by atoms with Crippen molar-refractivity contribution in [3.63, 3.8) is 0 Å². The highest BCUT2D eigenvalue weighted by molar-refractivity contribution is 5.04. The Morgan fingerprint density at radius 3 is 2.87 bits per heavy atom. The first kappa shape index (κ1) is 10.7. The summed E-state index contributed by atoms with van der Waals surface area (Å²) >= 11 is 0. The molecule has 1 saturated carbocycles. The Kier molecular flexibility index (Phi) is 3.12. The lowest BCUT2D eigenvalue weighted by atomic mass is 9.80. The first-order valence-corrected chi connectivity index (χ1v) is 5.58. The van der Waals surface area contributed by atoms with E-state index >= 15 is 0 Å². The lowest BCUT2D eigenvalue weighted by molar-refractivity contribution is -0.0709. The quantitative estimate of drug-likeness (QED) is 0.809. The summed E-state index contributed by atoms with van der Waals surface area (Å²) < 4.78 is 10.9. The fraction of sp³-hybridized carbons (Fsp3) is 0.667. The highest BCUT2D eigenvalue weighted by Crippen LogP contribution is 2.34. The Morgan fingerprint density at radius 2 is 2.40 bits per heavy atom. The summed E-state index contributed by atoms with van der Waals surface area (Å²) in [7, 11) is 1.80. The first-order valence-electron chi connectivity index (χ1n) is 5.58. The second-order valence-electron chi connectivity index (χ2n) is 4.36. The van der Waals surface area contributed by atoms with Crippen molar-refractivity contribution in [1.29, 1.82) is 0 Å². The third-order valence-corrected chi connectivity index (χ3v) is 3.40. The van der Waals surface area contributed by atoms with Crippen LogP contribution in [0.4, 0.5) is 0 Å². The molecule has 0 bridgehead atoms.